The van der Waals surface area contributed by atoms with Gasteiger partial charge in [-0.3, -0.25) is 11.3 Å². The molecular weight excluding hydrogens is 224 g/mol. The summed E-state index contributed by atoms with van der Waals surface area (Å²) in [4.78, 5) is 0. The Bertz CT molecular complexity index is 401. The average molecular weight is 246 g/mol. The van der Waals surface area contributed by atoms with E-state index in [1.165, 1.54) is 17.5 Å². The third kappa shape index (κ3) is 2.30. The molecule has 1 aromatic carbocycles. The highest BCUT2D eigenvalue weighted by Gasteiger charge is 2.31. The second kappa shape index (κ2) is 5.39. The molecule has 0 aromatic heterocycles. The Morgan fingerprint density at radius 2 is 2.06 bits per heavy atom. The number of hydrogen-bond acceptors (Lipinski definition) is 3. The molecule has 2 aliphatic rings. The molecule has 0 amide bonds. The van der Waals surface area contributed by atoms with Gasteiger partial charge in [0.2, 0.25) is 0 Å². The Morgan fingerprint density at radius 3 is 2.78 bits per heavy atom. The van der Waals surface area contributed by atoms with Crippen LogP contribution in [-0.2, 0) is 11.2 Å². The van der Waals surface area contributed by atoms with E-state index in [1.807, 2.05) is 0 Å². The van der Waals surface area contributed by atoms with Crippen molar-refractivity contribution < 1.29 is 4.74 Å². The highest BCUT2D eigenvalue weighted by atomic mass is 16.5. The van der Waals surface area contributed by atoms with Crippen molar-refractivity contribution in [2.24, 2.45) is 11.8 Å². The molecule has 1 fully saturated rings. The molecule has 1 aromatic rings. The van der Waals surface area contributed by atoms with Gasteiger partial charge in [-0.25, -0.2) is 0 Å². The predicted molar refractivity (Wildman–Crippen MR) is 72.2 cm³/mol. The maximum atomic E-state index is 5.76. The van der Waals surface area contributed by atoms with Crippen molar-refractivity contribution in [2.45, 2.75) is 37.6 Å². The van der Waals surface area contributed by atoms with E-state index in [9.17, 15) is 0 Å². The highest BCUT2D eigenvalue weighted by molar-refractivity contribution is 5.39. The fraction of sp³-hybridized carbons (Fsp3) is 0.600. The number of benzene rings is 1. The molecule has 3 heteroatoms. The lowest BCUT2D eigenvalue weighted by Crippen LogP contribution is -2.44. The van der Waals surface area contributed by atoms with E-state index in [4.69, 9.17) is 10.6 Å². The van der Waals surface area contributed by atoms with Crippen LogP contribution in [0.3, 0.4) is 0 Å². The number of ether oxygens (including phenoxy) is 1. The van der Waals surface area contributed by atoms with Crippen LogP contribution >= 0.6 is 0 Å². The Hall–Kier alpha value is -0.900. The molecule has 2 atom stereocenters. The minimum atomic E-state index is 0.437. The van der Waals surface area contributed by atoms with E-state index in [2.05, 4.69) is 29.7 Å². The van der Waals surface area contributed by atoms with Crippen molar-refractivity contribution in [3.63, 3.8) is 0 Å². The zero-order valence-corrected chi connectivity index (χ0v) is 10.8. The smallest absolute Gasteiger partial charge is 0.0469 e. The Morgan fingerprint density at radius 1 is 1.28 bits per heavy atom. The molecule has 3 N–H and O–H groups in total. The van der Waals surface area contributed by atoms with Crippen LogP contribution in [0.4, 0.5) is 0 Å². The van der Waals surface area contributed by atoms with Crippen molar-refractivity contribution in [3.05, 3.63) is 35.4 Å². The van der Waals surface area contributed by atoms with Gasteiger partial charge in [0.25, 0.3) is 0 Å². The van der Waals surface area contributed by atoms with E-state index in [-0.39, 0.29) is 0 Å². The summed E-state index contributed by atoms with van der Waals surface area (Å²) in [5, 5.41) is 0. The summed E-state index contributed by atoms with van der Waals surface area (Å²) < 4.78 is 5.43. The molecule has 1 aliphatic heterocycles. The van der Waals surface area contributed by atoms with E-state index < -0.39 is 0 Å². The third-order valence-corrected chi connectivity index (χ3v) is 4.55. The number of nitrogens with one attached hydrogen (secondary N) is 1. The molecule has 2 unspecified atom stereocenters. The molecule has 1 aliphatic carbocycles. The summed E-state index contributed by atoms with van der Waals surface area (Å²) in [5.41, 5.74) is 6.10. The lowest BCUT2D eigenvalue weighted by molar-refractivity contribution is 0.0512. The van der Waals surface area contributed by atoms with Gasteiger partial charge in [-0.15, -0.1) is 0 Å². The van der Waals surface area contributed by atoms with Gasteiger partial charge in [0.05, 0.1) is 0 Å². The normalized spacial score (nSPS) is 25.3. The fourth-order valence-corrected chi connectivity index (χ4v) is 3.39. The molecule has 0 spiro atoms. The summed E-state index contributed by atoms with van der Waals surface area (Å²) in [5.74, 6) is 7.14. The highest BCUT2D eigenvalue weighted by Crippen LogP contribution is 2.39. The molecule has 98 valence electrons. The van der Waals surface area contributed by atoms with Crippen LogP contribution in [0.1, 0.15) is 36.3 Å². The van der Waals surface area contributed by atoms with Crippen molar-refractivity contribution >= 4 is 0 Å². The molecule has 0 bridgehead atoms. The first-order valence-corrected chi connectivity index (χ1v) is 7.00. The minimum Gasteiger partial charge on any atom is -0.381 e. The van der Waals surface area contributed by atoms with Gasteiger partial charge in [-0.05, 0) is 48.6 Å². The van der Waals surface area contributed by atoms with Crippen LogP contribution in [0.25, 0.3) is 0 Å². The third-order valence-electron chi connectivity index (χ3n) is 4.55. The van der Waals surface area contributed by atoms with Gasteiger partial charge >= 0.3 is 0 Å². The number of hydrogen-bond donors (Lipinski definition) is 2. The Kier molecular flexibility index (Phi) is 3.64. The molecule has 1 saturated heterocycles. The molecule has 18 heavy (non-hydrogen) atoms. The van der Waals surface area contributed by atoms with E-state index in [0.29, 0.717) is 17.9 Å². The van der Waals surface area contributed by atoms with Crippen molar-refractivity contribution in [2.75, 3.05) is 13.2 Å². The van der Waals surface area contributed by atoms with E-state index >= 15 is 0 Å². The first-order valence-electron chi connectivity index (χ1n) is 7.00. The molecular formula is C15H22N2O. The van der Waals surface area contributed by atoms with Gasteiger partial charge < -0.3 is 4.74 Å². The molecule has 3 rings (SSSR count). The Labute approximate surface area is 109 Å². The lowest BCUT2D eigenvalue weighted by Gasteiger charge is -2.36. The van der Waals surface area contributed by atoms with E-state index in [0.717, 1.165) is 32.5 Å². The number of rotatable bonds is 4. The summed E-state index contributed by atoms with van der Waals surface area (Å²) in [6.45, 7) is 1.79. The maximum absolute atomic E-state index is 5.76. The van der Waals surface area contributed by atoms with Crippen LogP contribution < -0.4 is 11.3 Å². The van der Waals surface area contributed by atoms with Gasteiger partial charge in [0, 0.05) is 19.3 Å². The monoisotopic (exact) mass is 246 g/mol. The van der Waals surface area contributed by atoms with Gasteiger partial charge in [0.1, 0.15) is 0 Å². The van der Waals surface area contributed by atoms with Crippen molar-refractivity contribution in [1.29, 1.82) is 0 Å². The predicted octanol–water partition coefficient (Wildman–Crippen LogP) is 1.97. The lowest BCUT2D eigenvalue weighted by atomic mass is 9.72. The van der Waals surface area contributed by atoms with E-state index in [1.54, 1.807) is 0 Å². The van der Waals surface area contributed by atoms with Gasteiger partial charge in [-0.1, -0.05) is 24.3 Å². The number of hydrazine groups is 1. The van der Waals surface area contributed by atoms with Crippen molar-refractivity contribution in [3.8, 4) is 0 Å². The van der Waals surface area contributed by atoms with Crippen LogP contribution in [0.5, 0.6) is 0 Å². The van der Waals surface area contributed by atoms with Gasteiger partial charge in [0.15, 0.2) is 0 Å². The molecule has 1 heterocycles. The van der Waals surface area contributed by atoms with Crippen LogP contribution in [-0.4, -0.2) is 19.3 Å². The molecule has 0 radical (unpaired) electrons. The second-order valence-electron chi connectivity index (χ2n) is 5.56. The summed E-state index contributed by atoms with van der Waals surface area (Å²) in [7, 11) is 0. The first kappa shape index (κ1) is 12.2. The minimum absolute atomic E-state index is 0.437. The summed E-state index contributed by atoms with van der Waals surface area (Å²) in [6, 6.07) is 9.22. The fourth-order valence-electron chi connectivity index (χ4n) is 3.39. The van der Waals surface area contributed by atoms with Crippen LogP contribution in [0, 0.1) is 5.92 Å². The van der Waals surface area contributed by atoms with Crippen molar-refractivity contribution in [1.82, 2.24) is 5.43 Å². The summed E-state index contributed by atoms with van der Waals surface area (Å²) >= 11 is 0. The van der Waals surface area contributed by atoms with Gasteiger partial charge in [-0.2, -0.15) is 0 Å². The SMILES string of the molecule is NNC(CC1Cc2ccccc21)C1CCOCC1. The Balaban J connectivity index is 1.61. The zero-order chi connectivity index (χ0) is 12.4. The number of nitrogens with two attached hydrogens (primary N) is 1. The van der Waals surface area contributed by atoms with Crippen LogP contribution in [0.2, 0.25) is 0 Å². The summed E-state index contributed by atoms with van der Waals surface area (Å²) in [6.07, 6.45) is 4.67. The number of fused-ring (bicyclic) bond motifs is 1. The molecule has 3 nitrogen and oxygen atoms in total. The zero-order valence-electron chi connectivity index (χ0n) is 10.8. The average Bonchev–Trinajstić information content (AvgIpc) is 2.41. The maximum Gasteiger partial charge on any atom is 0.0469 e. The first-order chi connectivity index (χ1) is 8.88. The topological polar surface area (TPSA) is 47.3 Å². The quantitative estimate of drug-likeness (QED) is 0.631. The standard InChI is InChI=1S/C15H22N2O/c16-17-15(11-5-7-18-8-6-11)10-13-9-12-3-1-2-4-14(12)13/h1-4,11,13,15,17H,5-10,16H2. The molecule has 0 saturated carbocycles. The van der Waals surface area contributed by atoms with Crippen LogP contribution in [0.15, 0.2) is 24.3 Å². The second-order valence-corrected chi connectivity index (χ2v) is 5.56. The largest absolute Gasteiger partial charge is 0.381 e.